The molecule has 3 heterocycles. The van der Waals surface area contributed by atoms with E-state index in [1.54, 1.807) is 30.7 Å². The van der Waals surface area contributed by atoms with E-state index >= 15 is 0 Å². The molecule has 7 heteroatoms. The lowest BCUT2D eigenvalue weighted by Gasteiger charge is -2.05. The molecule has 0 aliphatic heterocycles. The van der Waals surface area contributed by atoms with Crippen LogP contribution in [0.25, 0.3) is 22.5 Å². The van der Waals surface area contributed by atoms with Crippen molar-refractivity contribution < 1.29 is 18.5 Å². The van der Waals surface area contributed by atoms with E-state index < -0.39 is 5.97 Å². The molecule has 148 valence electrons. The molecular formula is C23H17N3O4. The average molecular weight is 399 g/mol. The second-order valence-electron chi connectivity index (χ2n) is 6.84. The average Bonchev–Trinajstić information content (AvgIpc) is 3.52. The molecule has 0 saturated carbocycles. The van der Waals surface area contributed by atoms with Gasteiger partial charge in [0, 0.05) is 30.4 Å². The maximum Gasteiger partial charge on any atom is 0.338 e. The molecule has 0 bridgehead atoms. The summed E-state index contributed by atoms with van der Waals surface area (Å²) in [6.07, 6.45) is 5.37. The fraction of sp³-hybridized carbons (Fsp3) is 0.0870. The van der Waals surface area contributed by atoms with Gasteiger partial charge in [0.05, 0.1) is 11.9 Å². The highest BCUT2D eigenvalue weighted by Gasteiger charge is 2.14. The predicted molar refractivity (Wildman–Crippen MR) is 109 cm³/mol. The van der Waals surface area contributed by atoms with Gasteiger partial charge in [0.2, 0.25) is 5.76 Å². The fourth-order valence-corrected chi connectivity index (χ4v) is 3.16. The van der Waals surface area contributed by atoms with Crippen LogP contribution in [0, 0.1) is 0 Å². The molecule has 7 nitrogen and oxygen atoms in total. The van der Waals surface area contributed by atoms with Crippen molar-refractivity contribution in [2.45, 2.75) is 13.2 Å². The molecule has 0 aliphatic rings. The van der Waals surface area contributed by atoms with E-state index in [4.69, 9.17) is 13.7 Å². The Morgan fingerprint density at radius 1 is 1.03 bits per heavy atom. The first-order valence-electron chi connectivity index (χ1n) is 9.41. The number of furan rings is 1. The van der Waals surface area contributed by atoms with Crippen LogP contribution in [-0.4, -0.2) is 20.7 Å². The standard InChI is InChI=1S/C23H17N3O4/c27-23(17-7-5-16(6-8-17)13-26-10-9-24-15-26)28-14-19-12-22(30-25-19)21-11-18-3-1-2-4-20(18)29-21/h1-12,15H,13-14H2. The summed E-state index contributed by atoms with van der Waals surface area (Å²) in [5, 5.41) is 4.94. The van der Waals surface area contributed by atoms with Gasteiger partial charge in [-0.15, -0.1) is 0 Å². The monoisotopic (exact) mass is 399 g/mol. The maximum absolute atomic E-state index is 12.3. The minimum absolute atomic E-state index is 0.0132. The maximum atomic E-state index is 12.3. The number of carbonyl (C=O) groups is 1. The smallest absolute Gasteiger partial charge is 0.338 e. The summed E-state index contributed by atoms with van der Waals surface area (Å²) in [6.45, 7) is 0.707. The first-order valence-corrected chi connectivity index (χ1v) is 9.41. The summed E-state index contributed by atoms with van der Waals surface area (Å²) in [5.41, 5.74) is 2.82. The third-order valence-electron chi connectivity index (χ3n) is 4.69. The molecule has 0 atom stereocenters. The van der Waals surface area contributed by atoms with E-state index in [-0.39, 0.29) is 6.61 Å². The van der Waals surface area contributed by atoms with Gasteiger partial charge in [0.1, 0.15) is 17.9 Å². The molecule has 5 rings (SSSR count). The molecule has 0 spiro atoms. The highest BCUT2D eigenvalue weighted by Crippen LogP contribution is 2.28. The fourth-order valence-electron chi connectivity index (χ4n) is 3.16. The van der Waals surface area contributed by atoms with Gasteiger partial charge in [-0.25, -0.2) is 9.78 Å². The van der Waals surface area contributed by atoms with E-state index in [0.717, 1.165) is 16.5 Å². The molecule has 0 radical (unpaired) electrons. The quantitative estimate of drug-likeness (QED) is 0.385. The largest absolute Gasteiger partial charge is 0.455 e. The Morgan fingerprint density at radius 2 is 1.90 bits per heavy atom. The van der Waals surface area contributed by atoms with Crippen LogP contribution in [0.5, 0.6) is 0 Å². The summed E-state index contributed by atoms with van der Waals surface area (Å²) in [5.74, 6) is 0.647. The van der Waals surface area contributed by atoms with Gasteiger partial charge < -0.3 is 18.2 Å². The zero-order valence-corrected chi connectivity index (χ0v) is 15.9. The Bertz CT molecular complexity index is 1250. The molecular weight excluding hydrogens is 382 g/mol. The van der Waals surface area contributed by atoms with Crippen LogP contribution in [0.15, 0.2) is 88.3 Å². The minimum Gasteiger partial charge on any atom is -0.455 e. The Kier molecular flexibility index (Phi) is 4.61. The lowest BCUT2D eigenvalue weighted by Crippen LogP contribution is -2.06. The third kappa shape index (κ3) is 3.73. The molecule has 0 fully saturated rings. The van der Waals surface area contributed by atoms with Crippen molar-refractivity contribution in [1.82, 2.24) is 14.7 Å². The van der Waals surface area contributed by atoms with E-state index in [9.17, 15) is 4.79 Å². The van der Waals surface area contributed by atoms with Crippen molar-refractivity contribution in [3.63, 3.8) is 0 Å². The Labute approximate surface area is 171 Å². The van der Waals surface area contributed by atoms with E-state index in [1.807, 2.05) is 53.2 Å². The summed E-state index contributed by atoms with van der Waals surface area (Å²) >= 11 is 0. The number of aromatic nitrogens is 3. The molecule has 3 aromatic heterocycles. The van der Waals surface area contributed by atoms with Gasteiger partial charge in [-0.1, -0.05) is 35.5 Å². The molecule has 0 amide bonds. The number of para-hydroxylation sites is 1. The van der Waals surface area contributed by atoms with E-state index in [2.05, 4.69) is 10.1 Å². The normalized spacial score (nSPS) is 11.1. The van der Waals surface area contributed by atoms with Crippen LogP contribution in [-0.2, 0) is 17.9 Å². The van der Waals surface area contributed by atoms with Crippen molar-refractivity contribution in [1.29, 1.82) is 0 Å². The summed E-state index contributed by atoms with van der Waals surface area (Å²) in [7, 11) is 0. The molecule has 0 aliphatic carbocycles. The van der Waals surface area contributed by atoms with Crippen molar-refractivity contribution in [3.8, 4) is 11.5 Å². The number of rotatable bonds is 6. The number of fused-ring (bicyclic) bond motifs is 1. The molecule has 30 heavy (non-hydrogen) atoms. The Hall–Kier alpha value is -4.13. The van der Waals surface area contributed by atoms with Crippen molar-refractivity contribution in [2.75, 3.05) is 0 Å². The molecule has 5 aromatic rings. The summed E-state index contributed by atoms with van der Waals surface area (Å²) < 4.78 is 18.4. The van der Waals surface area contributed by atoms with Crippen LogP contribution >= 0.6 is 0 Å². The molecule has 2 aromatic carbocycles. The van der Waals surface area contributed by atoms with E-state index in [1.165, 1.54) is 0 Å². The van der Waals surface area contributed by atoms with Gasteiger partial charge in [-0.3, -0.25) is 0 Å². The number of esters is 1. The lowest BCUT2D eigenvalue weighted by atomic mass is 10.1. The van der Waals surface area contributed by atoms with Crippen LogP contribution in [0.4, 0.5) is 0 Å². The van der Waals surface area contributed by atoms with Crippen LogP contribution < -0.4 is 0 Å². The second kappa shape index (κ2) is 7.71. The first-order chi connectivity index (χ1) is 14.7. The number of carbonyl (C=O) groups excluding carboxylic acids is 1. The van der Waals surface area contributed by atoms with Crippen molar-refractivity contribution >= 4 is 16.9 Å². The number of benzene rings is 2. The number of nitrogens with zero attached hydrogens (tertiary/aromatic N) is 3. The van der Waals surface area contributed by atoms with Gasteiger partial charge >= 0.3 is 5.97 Å². The molecule has 0 saturated heterocycles. The third-order valence-corrected chi connectivity index (χ3v) is 4.69. The van der Waals surface area contributed by atoms with Gasteiger partial charge in [-0.05, 0) is 29.8 Å². The Balaban J connectivity index is 1.21. The number of ether oxygens (including phenoxy) is 1. The van der Waals surface area contributed by atoms with Crippen LogP contribution in [0.1, 0.15) is 21.6 Å². The Morgan fingerprint density at radius 3 is 2.70 bits per heavy atom. The topological polar surface area (TPSA) is 83.3 Å². The number of hydrogen-bond donors (Lipinski definition) is 0. The highest BCUT2D eigenvalue weighted by atomic mass is 16.5. The number of hydrogen-bond acceptors (Lipinski definition) is 6. The zero-order valence-electron chi connectivity index (χ0n) is 15.9. The molecule has 0 unspecified atom stereocenters. The van der Waals surface area contributed by atoms with Crippen molar-refractivity contribution in [3.05, 3.63) is 96.2 Å². The zero-order chi connectivity index (χ0) is 20.3. The highest BCUT2D eigenvalue weighted by molar-refractivity contribution is 5.89. The molecule has 0 N–H and O–H groups in total. The SMILES string of the molecule is O=C(OCc1cc(-c2cc3ccccc3o2)on1)c1ccc(Cn2ccnc2)cc1. The van der Waals surface area contributed by atoms with Crippen molar-refractivity contribution in [2.24, 2.45) is 0 Å². The predicted octanol–water partition coefficient (Wildman–Crippen LogP) is 4.69. The minimum atomic E-state index is -0.419. The van der Waals surface area contributed by atoms with Crippen LogP contribution in [0.3, 0.4) is 0 Å². The van der Waals surface area contributed by atoms with Gasteiger partial charge in [0.15, 0.2) is 5.76 Å². The first kappa shape index (κ1) is 17.9. The number of imidazole rings is 1. The summed E-state index contributed by atoms with van der Waals surface area (Å²) in [6, 6.07) is 18.6. The lowest BCUT2D eigenvalue weighted by molar-refractivity contribution is 0.0464. The summed E-state index contributed by atoms with van der Waals surface area (Å²) in [4.78, 5) is 16.3. The van der Waals surface area contributed by atoms with Gasteiger partial charge in [-0.2, -0.15) is 0 Å². The second-order valence-corrected chi connectivity index (χ2v) is 6.84. The van der Waals surface area contributed by atoms with Crippen LogP contribution in [0.2, 0.25) is 0 Å². The van der Waals surface area contributed by atoms with E-state index in [0.29, 0.717) is 29.3 Å². The van der Waals surface area contributed by atoms with Gasteiger partial charge in [0.25, 0.3) is 0 Å².